The molecule has 4 rings (SSSR count). The fraction of sp³-hybridized carbons (Fsp3) is 0.235. The first-order valence-electron chi connectivity index (χ1n) is 7.68. The number of carbonyl (C=O) groups is 1. The Hall–Kier alpha value is -2.05. The van der Waals surface area contributed by atoms with E-state index >= 15 is 0 Å². The average molecular weight is 359 g/mol. The van der Waals surface area contributed by atoms with Gasteiger partial charge in [-0.25, -0.2) is 9.97 Å². The summed E-state index contributed by atoms with van der Waals surface area (Å²) in [5.74, 6) is 0.483. The fourth-order valence-electron chi connectivity index (χ4n) is 2.85. The van der Waals surface area contributed by atoms with Gasteiger partial charge in [0.25, 0.3) is 0 Å². The van der Waals surface area contributed by atoms with Crippen LogP contribution in [0.2, 0.25) is 5.02 Å². The third-order valence-electron chi connectivity index (χ3n) is 4.10. The Bertz CT molecular complexity index is 910. The molecule has 0 saturated heterocycles. The molecule has 0 atom stereocenters. The van der Waals surface area contributed by atoms with Gasteiger partial charge in [0.1, 0.15) is 0 Å². The van der Waals surface area contributed by atoms with Crippen molar-refractivity contribution >= 4 is 40.4 Å². The summed E-state index contributed by atoms with van der Waals surface area (Å²) in [5.41, 5.74) is 3.98. The summed E-state index contributed by atoms with van der Waals surface area (Å²) in [4.78, 5) is 26.1. The second-order valence-electron chi connectivity index (χ2n) is 5.69. The van der Waals surface area contributed by atoms with E-state index in [1.54, 1.807) is 12.3 Å². The van der Waals surface area contributed by atoms with Crippen molar-refractivity contribution in [2.24, 2.45) is 0 Å². The van der Waals surface area contributed by atoms with Gasteiger partial charge >= 0.3 is 0 Å². The Balaban J connectivity index is 1.41. The molecule has 0 spiro atoms. The number of carbonyl (C=O) groups excluding carboxylic acids is 1. The van der Waals surface area contributed by atoms with Gasteiger partial charge in [0, 0.05) is 19.3 Å². The highest BCUT2D eigenvalue weighted by Crippen LogP contribution is 2.23. The van der Waals surface area contributed by atoms with Crippen LogP contribution in [0, 0.1) is 0 Å². The lowest BCUT2D eigenvalue weighted by Crippen LogP contribution is -2.37. The molecular weight excluding hydrogens is 344 g/mol. The highest BCUT2D eigenvalue weighted by atomic mass is 35.5. The lowest BCUT2D eigenvalue weighted by molar-refractivity contribution is -0.129. The van der Waals surface area contributed by atoms with Crippen LogP contribution in [0.3, 0.4) is 0 Å². The normalized spacial score (nSPS) is 14.0. The maximum atomic E-state index is 12.5. The van der Waals surface area contributed by atoms with E-state index in [0.717, 1.165) is 18.5 Å². The van der Waals surface area contributed by atoms with E-state index < -0.39 is 0 Å². The predicted molar refractivity (Wildman–Crippen MR) is 95.2 cm³/mol. The van der Waals surface area contributed by atoms with Crippen LogP contribution in [0.1, 0.15) is 11.1 Å². The number of hydrogen-bond acceptors (Lipinski definition) is 4. The third-order valence-corrected chi connectivity index (χ3v) is 5.16. The number of benzene rings is 1. The largest absolute Gasteiger partial charge is 0.337 e. The number of nitrogens with zero attached hydrogens (tertiary/aromatic N) is 3. The molecule has 122 valence electrons. The van der Waals surface area contributed by atoms with Crippen LogP contribution in [0.5, 0.6) is 0 Å². The van der Waals surface area contributed by atoms with E-state index in [1.807, 2.05) is 17.0 Å². The van der Waals surface area contributed by atoms with E-state index in [0.29, 0.717) is 28.1 Å². The molecule has 0 unspecified atom stereocenters. The standard InChI is InChI=1S/C17H15ClN4OS/c18-13-7-14-16(19-8-13)21-17(20-14)24-10-15(23)22-6-5-11-3-1-2-4-12(11)9-22/h1-4,7-8H,5-6,9-10H2,(H,19,20,21). The van der Waals surface area contributed by atoms with E-state index in [4.69, 9.17) is 11.6 Å². The number of nitrogens with one attached hydrogen (secondary N) is 1. The number of imidazole rings is 1. The molecule has 3 heterocycles. The first-order chi connectivity index (χ1) is 11.7. The first kappa shape index (κ1) is 15.5. The lowest BCUT2D eigenvalue weighted by Gasteiger charge is -2.28. The summed E-state index contributed by atoms with van der Waals surface area (Å²) in [6.45, 7) is 1.46. The van der Waals surface area contributed by atoms with Crippen molar-refractivity contribution < 1.29 is 4.79 Å². The average Bonchev–Trinajstić information content (AvgIpc) is 3.01. The molecule has 1 aromatic carbocycles. The number of hydrogen-bond donors (Lipinski definition) is 1. The minimum Gasteiger partial charge on any atom is -0.337 e. The topological polar surface area (TPSA) is 61.9 Å². The molecule has 1 amide bonds. The summed E-state index contributed by atoms with van der Waals surface area (Å²) in [6, 6.07) is 10.1. The van der Waals surface area contributed by atoms with Gasteiger partial charge < -0.3 is 9.88 Å². The Labute approximate surface area is 148 Å². The predicted octanol–water partition coefficient (Wildman–Crippen LogP) is 3.29. The molecular formula is C17H15ClN4OS. The number of thioether (sulfide) groups is 1. The second kappa shape index (κ2) is 6.45. The molecule has 0 fully saturated rings. The van der Waals surface area contributed by atoms with Gasteiger partial charge in [-0.15, -0.1) is 0 Å². The number of H-pyrrole nitrogens is 1. The quantitative estimate of drug-likeness (QED) is 0.730. The van der Waals surface area contributed by atoms with E-state index in [2.05, 4.69) is 27.1 Å². The van der Waals surface area contributed by atoms with Crippen LogP contribution in [-0.2, 0) is 17.8 Å². The smallest absolute Gasteiger partial charge is 0.233 e. The molecule has 1 aliphatic rings. The summed E-state index contributed by atoms with van der Waals surface area (Å²) in [7, 11) is 0. The summed E-state index contributed by atoms with van der Waals surface area (Å²) in [5, 5.41) is 1.25. The fourth-order valence-corrected chi connectivity index (χ4v) is 3.78. The van der Waals surface area contributed by atoms with Crippen LogP contribution in [0.4, 0.5) is 0 Å². The van der Waals surface area contributed by atoms with E-state index in [-0.39, 0.29) is 5.91 Å². The first-order valence-corrected chi connectivity index (χ1v) is 9.04. The van der Waals surface area contributed by atoms with Gasteiger partial charge in [-0.3, -0.25) is 4.79 Å². The molecule has 2 aromatic heterocycles. The molecule has 0 aliphatic carbocycles. The van der Waals surface area contributed by atoms with Crippen LogP contribution >= 0.6 is 23.4 Å². The van der Waals surface area contributed by atoms with Crippen molar-refractivity contribution in [1.29, 1.82) is 0 Å². The molecule has 0 radical (unpaired) electrons. The van der Waals surface area contributed by atoms with Crippen molar-refractivity contribution in [2.45, 2.75) is 18.1 Å². The van der Waals surface area contributed by atoms with Gasteiger partial charge in [0.2, 0.25) is 5.91 Å². The second-order valence-corrected chi connectivity index (χ2v) is 7.09. The highest BCUT2D eigenvalue weighted by molar-refractivity contribution is 7.99. The van der Waals surface area contributed by atoms with Crippen molar-refractivity contribution in [1.82, 2.24) is 19.9 Å². The van der Waals surface area contributed by atoms with Gasteiger partial charge in [0.05, 0.1) is 16.3 Å². The molecule has 3 aromatic rings. The third kappa shape index (κ3) is 3.12. The van der Waals surface area contributed by atoms with Gasteiger partial charge in [-0.05, 0) is 23.6 Å². The number of pyridine rings is 1. The molecule has 5 nitrogen and oxygen atoms in total. The summed E-state index contributed by atoms with van der Waals surface area (Å²) < 4.78 is 0. The van der Waals surface area contributed by atoms with E-state index in [9.17, 15) is 4.79 Å². The number of aromatic amines is 1. The van der Waals surface area contributed by atoms with Gasteiger partial charge in [-0.2, -0.15) is 0 Å². The minimum absolute atomic E-state index is 0.126. The summed E-state index contributed by atoms with van der Waals surface area (Å²) in [6.07, 6.45) is 2.48. The molecule has 24 heavy (non-hydrogen) atoms. The molecule has 1 aliphatic heterocycles. The van der Waals surface area contributed by atoms with Crippen LogP contribution in [0.25, 0.3) is 11.2 Å². The highest BCUT2D eigenvalue weighted by Gasteiger charge is 2.20. The number of fused-ring (bicyclic) bond motifs is 2. The number of rotatable bonds is 3. The number of aromatic nitrogens is 3. The monoisotopic (exact) mass is 358 g/mol. The molecule has 0 saturated carbocycles. The van der Waals surface area contributed by atoms with Crippen molar-refractivity contribution in [3.63, 3.8) is 0 Å². The van der Waals surface area contributed by atoms with Gasteiger partial charge in [-0.1, -0.05) is 47.6 Å². The maximum Gasteiger partial charge on any atom is 0.233 e. The van der Waals surface area contributed by atoms with Crippen LogP contribution < -0.4 is 0 Å². The Morgan fingerprint density at radius 2 is 2.17 bits per heavy atom. The van der Waals surface area contributed by atoms with Crippen LogP contribution in [-0.4, -0.2) is 38.1 Å². The maximum absolute atomic E-state index is 12.5. The van der Waals surface area contributed by atoms with Crippen molar-refractivity contribution in [3.8, 4) is 0 Å². The molecule has 1 N–H and O–H groups in total. The number of halogens is 1. The van der Waals surface area contributed by atoms with Gasteiger partial charge in [0.15, 0.2) is 10.8 Å². The van der Waals surface area contributed by atoms with Crippen molar-refractivity contribution in [2.75, 3.05) is 12.3 Å². The molecule has 0 bridgehead atoms. The Kier molecular flexibility index (Phi) is 4.16. The Morgan fingerprint density at radius 3 is 3.04 bits per heavy atom. The zero-order valence-corrected chi connectivity index (χ0v) is 14.4. The lowest BCUT2D eigenvalue weighted by atomic mass is 10.00. The zero-order valence-electron chi connectivity index (χ0n) is 12.8. The number of amides is 1. The molecule has 7 heteroatoms. The Morgan fingerprint density at radius 1 is 1.33 bits per heavy atom. The van der Waals surface area contributed by atoms with Crippen molar-refractivity contribution in [3.05, 3.63) is 52.7 Å². The SMILES string of the molecule is O=C(CSc1nc2ncc(Cl)cc2[nH]1)N1CCc2ccccc2C1. The minimum atomic E-state index is 0.126. The zero-order chi connectivity index (χ0) is 16.5. The van der Waals surface area contributed by atoms with Crippen LogP contribution in [0.15, 0.2) is 41.7 Å². The van der Waals surface area contributed by atoms with E-state index in [1.165, 1.54) is 22.9 Å². The summed E-state index contributed by atoms with van der Waals surface area (Å²) >= 11 is 7.31.